The van der Waals surface area contributed by atoms with Gasteiger partial charge in [0.25, 0.3) is 0 Å². The fraction of sp³-hybridized carbons (Fsp3) is 0.278. The van der Waals surface area contributed by atoms with Crippen LogP contribution in [0.25, 0.3) is 0 Å². The molecule has 2 rings (SSSR count). The molecule has 1 N–H and O–H groups in total. The summed E-state index contributed by atoms with van der Waals surface area (Å²) in [6.45, 7) is 7.29. The Morgan fingerprint density at radius 3 is 2.33 bits per heavy atom. The highest BCUT2D eigenvalue weighted by Gasteiger charge is 2.02. The van der Waals surface area contributed by atoms with Crippen molar-refractivity contribution in [2.75, 3.05) is 11.9 Å². The van der Waals surface area contributed by atoms with Crippen LogP contribution in [0, 0.1) is 32.1 Å². The van der Waals surface area contributed by atoms with Crippen molar-refractivity contribution < 1.29 is 4.74 Å². The van der Waals surface area contributed by atoms with Crippen LogP contribution in [0.3, 0.4) is 0 Å². The van der Waals surface area contributed by atoms with Gasteiger partial charge in [0.2, 0.25) is 0 Å². The van der Waals surface area contributed by atoms with Crippen molar-refractivity contribution in [1.82, 2.24) is 0 Å². The van der Waals surface area contributed by atoms with E-state index in [1.54, 1.807) is 0 Å². The number of aryl methyl sites for hydroxylation is 3. The Balaban J connectivity index is 2.00. The average Bonchev–Trinajstić information content (AvgIpc) is 2.48. The fourth-order valence-electron chi connectivity index (χ4n) is 2.19. The monoisotopic (exact) mass is 280 g/mol. The number of nitrogens with zero attached hydrogens (tertiary/aromatic N) is 1. The molecular weight excluding hydrogens is 260 g/mol. The summed E-state index contributed by atoms with van der Waals surface area (Å²) in [6.07, 6.45) is 0. The van der Waals surface area contributed by atoms with E-state index >= 15 is 0 Å². The van der Waals surface area contributed by atoms with Crippen LogP contribution in [-0.2, 0) is 6.54 Å². The van der Waals surface area contributed by atoms with E-state index in [0.29, 0.717) is 5.75 Å². The Kier molecular flexibility index (Phi) is 4.84. The third-order valence-corrected chi connectivity index (χ3v) is 3.59. The molecule has 0 heterocycles. The lowest BCUT2D eigenvalue weighted by Gasteiger charge is -2.12. The third kappa shape index (κ3) is 4.00. The summed E-state index contributed by atoms with van der Waals surface area (Å²) in [5, 5.41) is 11.9. The van der Waals surface area contributed by atoms with Crippen molar-refractivity contribution in [2.24, 2.45) is 0 Å². The summed E-state index contributed by atoms with van der Waals surface area (Å²) < 4.78 is 5.23. The predicted molar refractivity (Wildman–Crippen MR) is 85.5 cm³/mol. The van der Waals surface area contributed by atoms with Crippen LogP contribution in [0.15, 0.2) is 36.4 Å². The minimum Gasteiger partial charge on any atom is -0.479 e. The number of hydrogen-bond acceptors (Lipinski definition) is 3. The van der Waals surface area contributed by atoms with E-state index in [1.165, 1.54) is 22.3 Å². The summed E-state index contributed by atoms with van der Waals surface area (Å²) in [6, 6.07) is 14.1. The van der Waals surface area contributed by atoms with Crippen LogP contribution >= 0.6 is 0 Å². The molecule has 0 aliphatic rings. The molecule has 0 unspecified atom stereocenters. The normalized spacial score (nSPS) is 10.0. The van der Waals surface area contributed by atoms with Gasteiger partial charge in [-0.25, -0.2) is 0 Å². The first-order chi connectivity index (χ1) is 10.1. The zero-order valence-corrected chi connectivity index (χ0v) is 12.7. The molecule has 3 heteroatoms. The first kappa shape index (κ1) is 14.9. The predicted octanol–water partition coefficient (Wildman–Crippen LogP) is 4.13. The van der Waals surface area contributed by atoms with E-state index in [0.717, 1.165) is 12.2 Å². The highest BCUT2D eigenvalue weighted by atomic mass is 16.5. The van der Waals surface area contributed by atoms with Gasteiger partial charge in [0.1, 0.15) is 11.8 Å². The third-order valence-electron chi connectivity index (χ3n) is 3.59. The molecule has 0 bridgehead atoms. The standard InChI is InChI=1S/C18H20N2O/c1-13-10-15(3)16(11-14(13)2)12-20-17-4-6-18(7-5-17)21-9-8-19/h4-7,10-11,20H,9,12H2,1-3H3. The average molecular weight is 280 g/mol. The molecule has 2 aromatic rings. The van der Waals surface area contributed by atoms with E-state index in [9.17, 15) is 0 Å². The lowest BCUT2D eigenvalue weighted by molar-refractivity contribution is 0.368. The maximum atomic E-state index is 8.47. The Hall–Kier alpha value is -2.47. The van der Waals surface area contributed by atoms with Crippen LogP contribution in [0.1, 0.15) is 22.3 Å². The van der Waals surface area contributed by atoms with Crippen LogP contribution in [0.2, 0.25) is 0 Å². The van der Waals surface area contributed by atoms with Crippen LogP contribution in [0.5, 0.6) is 5.75 Å². The van der Waals surface area contributed by atoms with E-state index in [4.69, 9.17) is 10.00 Å². The Morgan fingerprint density at radius 2 is 1.67 bits per heavy atom. The van der Waals surface area contributed by atoms with E-state index < -0.39 is 0 Å². The quantitative estimate of drug-likeness (QED) is 0.895. The minimum absolute atomic E-state index is 0.0780. The molecule has 0 aromatic heterocycles. The van der Waals surface area contributed by atoms with Crippen molar-refractivity contribution >= 4 is 5.69 Å². The maximum Gasteiger partial charge on any atom is 0.174 e. The summed E-state index contributed by atoms with van der Waals surface area (Å²) in [5.41, 5.74) is 6.30. The molecule has 2 aromatic carbocycles. The number of benzene rings is 2. The summed E-state index contributed by atoms with van der Waals surface area (Å²) >= 11 is 0. The van der Waals surface area contributed by atoms with Crippen molar-refractivity contribution in [1.29, 1.82) is 5.26 Å². The smallest absolute Gasteiger partial charge is 0.174 e. The number of ether oxygens (including phenoxy) is 1. The van der Waals surface area contributed by atoms with Gasteiger partial charge in [-0.05, 0) is 67.3 Å². The van der Waals surface area contributed by atoms with E-state index in [1.807, 2.05) is 30.3 Å². The lowest BCUT2D eigenvalue weighted by Crippen LogP contribution is -2.02. The summed E-state index contributed by atoms with van der Waals surface area (Å²) in [7, 11) is 0. The van der Waals surface area contributed by atoms with Crippen molar-refractivity contribution in [2.45, 2.75) is 27.3 Å². The van der Waals surface area contributed by atoms with E-state index in [-0.39, 0.29) is 6.61 Å². The molecule has 3 nitrogen and oxygen atoms in total. The summed E-state index contributed by atoms with van der Waals surface area (Å²) in [4.78, 5) is 0. The van der Waals surface area contributed by atoms with Gasteiger partial charge in [0.15, 0.2) is 6.61 Å². The highest BCUT2D eigenvalue weighted by Crippen LogP contribution is 2.19. The van der Waals surface area contributed by atoms with Crippen molar-refractivity contribution in [3.63, 3.8) is 0 Å². The van der Waals surface area contributed by atoms with E-state index in [2.05, 4.69) is 38.2 Å². The number of nitrogens with one attached hydrogen (secondary N) is 1. The minimum atomic E-state index is 0.0780. The molecule has 0 fully saturated rings. The largest absolute Gasteiger partial charge is 0.479 e. The molecular formula is C18H20N2O. The number of hydrogen-bond donors (Lipinski definition) is 1. The molecule has 0 radical (unpaired) electrons. The topological polar surface area (TPSA) is 45.0 Å². The highest BCUT2D eigenvalue weighted by molar-refractivity contribution is 5.48. The van der Waals surface area contributed by atoms with Crippen molar-refractivity contribution in [3.05, 3.63) is 58.7 Å². The zero-order valence-electron chi connectivity index (χ0n) is 12.7. The molecule has 0 aliphatic carbocycles. The molecule has 0 saturated carbocycles. The fourth-order valence-corrected chi connectivity index (χ4v) is 2.19. The second-order valence-electron chi connectivity index (χ2n) is 5.19. The second-order valence-corrected chi connectivity index (χ2v) is 5.19. The molecule has 0 spiro atoms. The number of nitriles is 1. The van der Waals surface area contributed by atoms with Gasteiger partial charge in [-0.2, -0.15) is 5.26 Å². The van der Waals surface area contributed by atoms with Gasteiger partial charge in [-0.3, -0.25) is 0 Å². The number of rotatable bonds is 5. The molecule has 0 atom stereocenters. The van der Waals surface area contributed by atoms with Gasteiger partial charge < -0.3 is 10.1 Å². The lowest BCUT2D eigenvalue weighted by atomic mass is 10.0. The first-order valence-electron chi connectivity index (χ1n) is 7.00. The first-order valence-corrected chi connectivity index (χ1v) is 7.00. The van der Waals surface area contributed by atoms with Gasteiger partial charge in [-0.15, -0.1) is 0 Å². The molecule has 0 aliphatic heterocycles. The Labute approximate surface area is 126 Å². The zero-order chi connectivity index (χ0) is 15.2. The van der Waals surface area contributed by atoms with Gasteiger partial charge in [0.05, 0.1) is 0 Å². The Bertz CT molecular complexity index is 654. The maximum absolute atomic E-state index is 8.47. The van der Waals surface area contributed by atoms with Crippen LogP contribution in [-0.4, -0.2) is 6.61 Å². The number of anilines is 1. The van der Waals surface area contributed by atoms with Crippen LogP contribution < -0.4 is 10.1 Å². The second kappa shape index (κ2) is 6.81. The van der Waals surface area contributed by atoms with Gasteiger partial charge >= 0.3 is 0 Å². The van der Waals surface area contributed by atoms with Gasteiger partial charge in [-0.1, -0.05) is 12.1 Å². The van der Waals surface area contributed by atoms with Crippen molar-refractivity contribution in [3.8, 4) is 11.8 Å². The Morgan fingerprint density at radius 1 is 1.00 bits per heavy atom. The molecule has 0 saturated heterocycles. The van der Waals surface area contributed by atoms with Crippen LogP contribution in [0.4, 0.5) is 5.69 Å². The SMILES string of the molecule is Cc1cc(C)c(CNc2ccc(OCC#N)cc2)cc1C. The van der Waals surface area contributed by atoms with Gasteiger partial charge in [0, 0.05) is 12.2 Å². The summed E-state index contributed by atoms with van der Waals surface area (Å²) in [5.74, 6) is 0.712. The molecule has 108 valence electrons. The molecule has 0 amide bonds. The molecule has 21 heavy (non-hydrogen) atoms.